The third kappa shape index (κ3) is 3.04. The molecule has 1 saturated heterocycles. The minimum absolute atomic E-state index is 0.0967. The molecular weight excluding hydrogens is 348 g/mol. The maximum atomic E-state index is 13.3. The van der Waals surface area contributed by atoms with Gasteiger partial charge in [-0.25, -0.2) is 4.98 Å². The zero-order chi connectivity index (χ0) is 19.0. The first-order chi connectivity index (χ1) is 13.1. The predicted octanol–water partition coefficient (Wildman–Crippen LogP) is 2.38. The molecule has 27 heavy (non-hydrogen) atoms. The molecule has 0 bridgehead atoms. The first-order valence-corrected chi connectivity index (χ1v) is 8.64. The topological polar surface area (TPSA) is 99.3 Å². The van der Waals surface area contributed by atoms with E-state index in [1.165, 1.54) is 12.1 Å². The van der Waals surface area contributed by atoms with Gasteiger partial charge in [0.2, 0.25) is 0 Å². The van der Waals surface area contributed by atoms with Crippen LogP contribution >= 0.6 is 0 Å². The number of ether oxygens (including phenoxy) is 1. The molecule has 1 atom stereocenters. The van der Waals surface area contributed by atoms with Crippen LogP contribution in [0.3, 0.4) is 0 Å². The van der Waals surface area contributed by atoms with Crippen molar-refractivity contribution in [3.05, 3.63) is 68.8 Å². The minimum atomic E-state index is -0.509. The van der Waals surface area contributed by atoms with Crippen LogP contribution in [0.4, 0.5) is 5.69 Å². The third-order valence-electron chi connectivity index (χ3n) is 4.84. The highest BCUT2D eigenvalue weighted by molar-refractivity contribution is 5.80. The number of nitrogens with zero attached hydrogens (tertiary/aromatic N) is 3. The Balaban J connectivity index is 1.99. The van der Waals surface area contributed by atoms with Crippen LogP contribution in [-0.4, -0.2) is 34.7 Å². The molecule has 1 unspecified atom stereocenters. The Bertz CT molecular complexity index is 1070. The summed E-state index contributed by atoms with van der Waals surface area (Å²) in [5.74, 6) is 1.44. The SMILES string of the molecule is COc1ccc(-n2c(C3CCNC3)nc3ccc([N+](=O)[O-])cc3c2=O)cc1. The van der Waals surface area contributed by atoms with Crippen LogP contribution < -0.4 is 15.6 Å². The van der Waals surface area contributed by atoms with Crippen molar-refractivity contribution in [2.24, 2.45) is 0 Å². The van der Waals surface area contributed by atoms with Crippen molar-refractivity contribution in [3.63, 3.8) is 0 Å². The van der Waals surface area contributed by atoms with E-state index >= 15 is 0 Å². The summed E-state index contributed by atoms with van der Waals surface area (Å²) in [4.78, 5) is 28.6. The van der Waals surface area contributed by atoms with E-state index in [-0.39, 0.29) is 22.6 Å². The number of nitro groups is 1. The number of hydrogen-bond acceptors (Lipinski definition) is 6. The Labute approximate surface area is 154 Å². The normalized spacial score (nSPS) is 16.6. The Hall–Kier alpha value is -3.26. The molecule has 1 fully saturated rings. The highest BCUT2D eigenvalue weighted by Gasteiger charge is 2.24. The van der Waals surface area contributed by atoms with Crippen molar-refractivity contribution in [2.75, 3.05) is 20.2 Å². The van der Waals surface area contributed by atoms with Crippen LogP contribution in [0.15, 0.2) is 47.3 Å². The predicted molar refractivity (Wildman–Crippen MR) is 101 cm³/mol. The van der Waals surface area contributed by atoms with Crippen molar-refractivity contribution in [2.45, 2.75) is 12.3 Å². The Morgan fingerprint density at radius 1 is 1.26 bits per heavy atom. The monoisotopic (exact) mass is 366 g/mol. The molecule has 2 aromatic carbocycles. The van der Waals surface area contributed by atoms with Crippen LogP contribution in [0.1, 0.15) is 18.2 Å². The van der Waals surface area contributed by atoms with E-state index in [4.69, 9.17) is 9.72 Å². The molecule has 3 aromatic rings. The van der Waals surface area contributed by atoms with Crippen molar-refractivity contribution in [1.82, 2.24) is 14.9 Å². The lowest BCUT2D eigenvalue weighted by molar-refractivity contribution is -0.384. The molecule has 0 saturated carbocycles. The number of nitro benzene ring substituents is 1. The maximum absolute atomic E-state index is 13.3. The largest absolute Gasteiger partial charge is 0.497 e. The summed E-state index contributed by atoms with van der Waals surface area (Å²) in [6.45, 7) is 1.60. The highest BCUT2D eigenvalue weighted by Crippen LogP contribution is 2.26. The Kier molecular flexibility index (Phi) is 4.33. The van der Waals surface area contributed by atoms with Gasteiger partial charge in [-0.15, -0.1) is 0 Å². The fraction of sp³-hybridized carbons (Fsp3) is 0.263. The summed E-state index contributed by atoms with van der Waals surface area (Å²) < 4.78 is 6.75. The van der Waals surface area contributed by atoms with E-state index in [1.54, 1.807) is 42.0 Å². The van der Waals surface area contributed by atoms with Gasteiger partial charge in [0, 0.05) is 24.6 Å². The van der Waals surface area contributed by atoms with Gasteiger partial charge in [0.05, 0.1) is 28.6 Å². The molecule has 4 rings (SSSR count). The molecular formula is C19H18N4O4. The number of nitrogens with one attached hydrogen (secondary N) is 1. The van der Waals surface area contributed by atoms with E-state index < -0.39 is 4.92 Å². The molecule has 1 aliphatic heterocycles. The molecule has 0 spiro atoms. The fourth-order valence-electron chi connectivity index (χ4n) is 3.43. The van der Waals surface area contributed by atoms with E-state index in [0.29, 0.717) is 22.8 Å². The number of rotatable bonds is 4. The lowest BCUT2D eigenvalue weighted by atomic mass is 10.1. The fourth-order valence-corrected chi connectivity index (χ4v) is 3.43. The number of hydrogen-bond donors (Lipinski definition) is 1. The van der Waals surface area contributed by atoms with E-state index in [9.17, 15) is 14.9 Å². The molecule has 1 N–H and O–H groups in total. The van der Waals surface area contributed by atoms with Crippen LogP contribution in [0, 0.1) is 10.1 Å². The quantitative estimate of drug-likeness (QED) is 0.562. The van der Waals surface area contributed by atoms with Gasteiger partial charge in [0.25, 0.3) is 11.2 Å². The second-order valence-corrected chi connectivity index (χ2v) is 6.46. The minimum Gasteiger partial charge on any atom is -0.497 e. The standard InChI is InChI=1S/C19H18N4O4/c1-27-15-5-2-13(3-6-15)22-18(12-8-9-20-11-12)21-17-7-4-14(23(25)26)10-16(17)19(22)24/h2-7,10,12,20H,8-9,11H2,1H3. The molecule has 8 nitrogen and oxygen atoms in total. The first kappa shape index (κ1) is 17.2. The third-order valence-corrected chi connectivity index (χ3v) is 4.84. The van der Waals surface area contributed by atoms with Gasteiger partial charge in [-0.1, -0.05) is 0 Å². The lowest BCUT2D eigenvalue weighted by Gasteiger charge is -2.17. The van der Waals surface area contributed by atoms with Crippen molar-refractivity contribution in [1.29, 1.82) is 0 Å². The van der Waals surface area contributed by atoms with E-state index in [0.717, 1.165) is 19.5 Å². The van der Waals surface area contributed by atoms with Gasteiger partial charge in [0.15, 0.2) is 0 Å². The van der Waals surface area contributed by atoms with Crippen LogP contribution in [-0.2, 0) is 0 Å². The summed E-state index contributed by atoms with van der Waals surface area (Å²) in [5, 5.41) is 14.6. The van der Waals surface area contributed by atoms with Crippen LogP contribution in [0.25, 0.3) is 16.6 Å². The van der Waals surface area contributed by atoms with Gasteiger partial charge in [0.1, 0.15) is 11.6 Å². The molecule has 138 valence electrons. The number of methoxy groups -OCH3 is 1. The molecule has 0 radical (unpaired) electrons. The van der Waals surface area contributed by atoms with E-state index in [1.807, 2.05) is 0 Å². The first-order valence-electron chi connectivity index (χ1n) is 8.64. The molecule has 8 heteroatoms. The van der Waals surface area contributed by atoms with Crippen molar-refractivity contribution < 1.29 is 9.66 Å². The van der Waals surface area contributed by atoms with E-state index in [2.05, 4.69) is 5.32 Å². The van der Waals surface area contributed by atoms with Gasteiger partial charge in [-0.05, 0) is 43.3 Å². The second kappa shape index (κ2) is 6.81. The average molecular weight is 366 g/mol. The van der Waals surface area contributed by atoms with Gasteiger partial charge in [-0.3, -0.25) is 19.5 Å². The maximum Gasteiger partial charge on any atom is 0.270 e. The van der Waals surface area contributed by atoms with Gasteiger partial charge >= 0.3 is 0 Å². The molecule has 1 aliphatic rings. The summed E-state index contributed by atoms with van der Waals surface area (Å²) in [6.07, 6.45) is 0.876. The van der Waals surface area contributed by atoms with Gasteiger partial charge in [-0.2, -0.15) is 0 Å². The molecule has 2 heterocycles. The number of non-ortho nitro benzene ring substituents is 1. The van der Waals surface area contributed by atoms with Gasteiger partial charge < -0.3 is 10.1 Å². The lowest BCUT2D eigenvalue weighted by Crippen LogP contribution is -2.26. The Morgan fingerprint density at radius 2 is 2.04 bits per heavy atom. The van der Waals surface area contributed by atoms with Crippen molar-refractivity contribution in [3.8, 4) is 11.4 Å². The average Bonchev–Trinajstić information content (AvgIpc) is 3.22. The zero-order valence-electron chi connectivity index (χ0n) is 14.7. The number of benzene rings is 2. The summed E-state index contributed by atoms with van der Waals surface area (Å²) in [6, 6.07) is 11.3. The Morgan fingerprint density at radius 3 is 2.67 bits per heavy atom. The summed E-state index contributed by atoms with van der Waals surface area (Å²) in [5.41, 5.74) is 0.689. The molecule has 0 amide bonds. The van der Waals surface area contributed by atoms with Crippen LogP contribution in [0.5, 0.6) is 5.75 Å². The van der Waals surface area contributed by atoms with Crippen LogP contribution in [0.2, 0.25) is 0 Å². The number of fused-ring (bicyclic) bond motifs is 1. The highest BCUT2D eigenvalue weighted by atomic mass is 16.6. The second-order valence-electron chi connectivity index (χ2n) is 6.46. The summed E-state index contributed by atoms with van der Waals surface area (Å²) >= 11 is 0. The number of aromatic nitrogens is 2. The van der Waals surface area contributed by atoms with Crippen molar-refractivity contribution >= 4 is 16.6 Å². The molecule has 0 aliphatic carbocycles. The summed E-state index contributed by atoms with van der Waals surface area (Å²) in [7, 11) is 1.58. The zero-order valence-corrected chi connectivity index (χ0v) is 14.7. The smallest absolute Gasteiger partial charge is 0.270 e. The molecule has 1 aromatic heterocycles.